The number of aliphatic hydroxyl groups is 2. The second-order valence-electron chi connectivity index (χ2n) is 12.9. The van der Waals surface area contributed by atoms with E-state index in [0.29, 0.717) is 24.8 Å². The summed E-state index contributed by atoms with van der Waals surface area (Å²) in [4.78, 5) is 89.0. The van der Waals surface area contributed by atoms with E-state index in [1.54, 1.807) is 0 Å². The van der Waals surface area contributed by atoms with E-state index in [-0.39, 0.29) is 24.6 Å². The van der Waals surface area contributed by atoms with Crippen LogP contribution in [0.4, 0.5) is 5.69 Å². The highest BCUT2D eigenvalue weighted by molar-refractivity contribution is 5.95. The number of nitro groups is 1. The Hall–Kier alpha value is -5.48. The fourth-order valence-electron chi connectivity index (χ4n) is 6.27. The molecule has 7 N–H and O–H groups in total. The predicted octanol–water partition coefficient (Wildman–Crippen LogP) is -2.09. The fourth-order valence-corrected chi connectivity index (χ4v) is 6.27. The number of ether oxygens (including phenoxy) is 5. The number of non-ortho nitro benzene ring substituents is 1. The molecule has 0 bridgehead atoms. The molecule has 2 saturated heterocycles. The minimum absolute atomic E-state index is 0.0922. The van der Waals surface area contributed by atoms with Gasteiger partial charge in [-0.25, -0.2) is 4.79 Å². The molecule has 3 amide bonds. The van der Waals surface area contributed by atoms with Crippen molar-refractivity contribution in [1.29, 1.82) is 0 Å². The summed E-state index contributed by atoms with van der Waals surface area (Å²) in [6.45, 7) is 1.82. The largest absolute Gasteiger partial charge is 0.456 e. The van der Waals surface area contributed by atoms with Gasteiger partial charge in [0.15, 0.2) is 24.2 Å². The molecule has 4 heterocycles. The fraction of sp³-hybridized carbons (Fsp3) is 0.515. The number of hydrogen-bond donors (Lipinski definition) is 6. The van der Waals surface area contributed by atoms with E-state index in [1.165, 1.54) is 31.4 Å². The van der Waals surface area contributed by atoms with E-state index in [2.05, 4.69) is 10.6 Å². The normalized spacial score (nSPS) is 28.8. The maximum Gasteiger partial charge on any atom is 0.330 e. The van der Waals surface area contributed by atoms with Gasteiger partial charge in [-0.3, -0.25) is 43.6 Å². The number of aliphatic hydroxyl groups excluding tert-OH is 2. The average molecular weight is 761 g/mol. The molecule has 0 aliphatic carbocycles. The van der Waals surface area contributed by atoms with Crippen LogP contribution in [0.15, 0.2) is 58.0 Å². The first-order chi connectivity index (χ1) is 25.7. The number of benzene rings is 1. The molecule has 54 heavy (non-hydrogen) atoms. The Balaban J connectivity index is 1.36. The Bertz CT molecular complexity index is 1880. The SMILES string of the molecule is CO[C@H]1[C@@H](OC(=O)CCc2ccc([N+](=O)[O-])cc2)[C@H](n2ccc(=O)[nH]c2=O)O[C@@H]1[C@@H](O[C@H]1OC(C(=O)N[C@H]2CCC[C@@H](C)NC2=O)=C[C@H](O)[C@@H]1O)C(N)=O. The third-order valence-electron chi connectivity index (χ3n) is 9.07. The molecule has 1 aromatic carbocycles. The van der Waals surface area contributed by atoms with Crippen molar-refractivity contribution in [1.82, 2.24) is 20.2 Å². The third kappa shape index (κ3) is 9.17. The van der Waals surface area contributed by atoms with Gasteiger partial charge in [-0.2, -0.15) is 0 Å². The standard InChI is InChI=1S/C33H40N6O15/c1-15-4-3-5-18(29(45)35-15)36-30(46)20-14-19(40)23(43)32(51-20)54-26(28(34)44)25-24(50-2)27(31(53-25)38-13-12-21(41)37-33(38)47)52-22(42)11-8-16-6-9-17(10-7-16)39(48)49/h6-7,9-10,12-15,18-19,23-27,31-32,40,43H,3-5,8,11H2,1-2H3,(H2,34,44)(H,35,45)(H,36,46)(H,37,41,47)/t15-,18+,19+,23+,24-,25+,26-,27-,31-,32-/m1/s1. The molecule has 2 aromatic rings. The van der Waals surface area contributed by atoms with Crippen molar-refractivity contribution < 1.29 is 58.0 Å². The number of nitrogens with zero attached hydrogens (tertiary/aromatic N) is 2. The number of aromatic nitrogens is 2. The summed E-state index contributed by atoms with van der Waals surface area (Å²) < 4.78 is 29.5. The summed E-state index contributed by atoms with van der Waals surface area (Å²) >= 11 is 0. The molecule has 5 rings (SSSR count). The van der Waals surface area contributed by atoms with Crippen molar-refractivity contribution in [3.05, 3.63) is 84.9 Å². The van der Waals surface area contributed by atoms with Crippen molar-refractivity contribution in [2.24, 2.45) is 5.73 Å². The smallest absolute Gasteiger partial charge is 0.330 e. The maximum absolute atomic E-state index is 13.2. The summed E-state index contributed by atoms with van der Waals surface area (Å²) in [6.07, 6.45) is -10.2. The summed E-state index contributed by atoms with van der Waals surface area (Å²) in [7, 11) is 1.17. The number of aromatic amines is 1. The molecule has 0 spiro atoms. The van der Waals surface area contributed by atoms with Crippen molar-refractivity contribution in [2.75, 3.05) is 7.11 Å². The van der Waals surface area contributed by atoms with Crippen molar-refractivity contribution >= 4 is 29.4 Å². The van der Waals surface area contributed by atoms with Crippen LogP contribution in [0.3, 0.4) is 0 Å². The number of esters is 1. The van der Waals surface area contributed by atoms with Crippen molar-refractivity contribution in [2.45, 2.75) is 100 Å². The van der Waals surface area contributed by atoms with Gasteiger partial charge < -0.3 is 50.3 Å². The first kappa shape index (κ1) is 39.7. The zero-order valence-electron chi connectivity index (χ0n) is 29.0. The van der Waals surface area contributed by atoms with Crippen LogP contribution >= 0.6 is 0 Å². The molecule has 21 nitrogen and oxygen atoms in total. The maximum atomic E-state index is 13.2. The van der Waals surface area contributed by atoms with Gasteiger partial charge in [0.1, 0.15) is 30.5 Å². The lowest BCUT2D eigenvalue weighted by molar-refractivity contribution is -0.384. The lowest BCUT2D eigenvalue weighted by Crippen LogP contribution is -2.54. The number of H-pyrrole nitrogens is 1. The van der Waals surface area contributed by atoms with Gasteiger partial charge in [-0.1, -0.05) is 12.1 Å². The zero-order chi connectivity index (χ0) is 39.3. The van der Waals surface area contributed by atoms with E-state index in [1.807, 2.05) is 11.9 Å². The Morgan fingerprint density at radius 1 is 1.13 bits per heavy atom. The highest BCUT2D eigenvalue weighted by Gasteiger charge is 2.54. The van der Waals surface area contributed by atoms with Crippen molar-refractivity contribution in [3.8, 4) is 0 Å². The van der Waals surface area contributed by atoms with E-state index < -0.39 is 101 Å². The number of carbonyl (C=O) groups excluding carboxylic acids is 4. The molecule has 0 saturated carbocycles. The molecule has 3 aliphatic rings. The summed E-state index contributed by atoms with van der Waals surface area (Å²) in [5.41, 5.74) is 4.39. The molecule has 21 heteroatoms. The number of nitrogens with one attached hydrogen (secondary N) is 3. The van der Waals surface area contributed by atoms with Gasteiger partial charge in [0.25, 0.3) is 17.2 Å². The Morgan fingerprint density at radius 3 is 2.50 bits per heavy atom. The lowest BCUT2D eigenvalue weighted by Gasteiger charge is -2.35. The molecule has 3 aliphatic heterocycles. The number of rotatable bonds is 13. The van der Waals surface area contributed by atoms with Crippen molar-refractivity contribution in [3.63, 3.8) is 0 Å². The molecule has 0 unspecified atom stereocenters. The Morgan fingerprint density at radius 2 is 1.85 bits per heavy atom. The van der Waals surface area contributed by atoms with Crippen LogP contribution in [0.1, 0.15) is 44.4 Å². The van der Waals surface area contributed by atoms with E-state index in [4.69, 9.17) is 29.4 Å². The number of amides is 3. The topological polar surface area (TPSA) is 303 Å². The number of methoxy groups -OCH3 is 1. The molecule has 292 valence electrons. The van der Waals surface area contributed by atoms with Crippen LogP contribution in [0.25, 0.3) is 0 Å². The second-order valence-corrected chi connectivity index (χ2v) is 12.9. The summed E-state index contributed by atoms with van der Waals surface area (Å²) in [5, 5.41) is 37.7. The second kappa shape index (κ2) is 17.1. The molecule has 10 atom stereocenters. The van der Waals surface area contributed by atoms with Gasteiger partial charge in [-0.15, -0.1) is 0 Å². The third-order valence-corrected chi connectivity index (χ3v) is 9.07. The van der Waals surface area contributed by atoms with Crippen LogP contribution in [0, 0.1) is 10.1 Å². The minimum atomic E-state index is -1.94. The number of nitro benzene ring substituents is 1. The Kier molecular flexibility index (Phi) is 12.6. The molecular formula is C33H40N6O15. The molecule has 1 aromatic heterocycles. The number of hydrogen-bond acceptors (Lipinski definition) is 15. The van der Waals surface area contributed by atoms with Gasteiger partial charge in [0, 0.05) is 44.0 Å². The van der Waals surface area contributed by atoms with Gasteiger partial charge >= 0.3 is 11.7 Å². The predicted molar refractivity (Wildman–Crippen MR) is 180 cm³/mol. The first-order valence-electron chi connectivity index (χ1n) is 16.9. The highest BCUT2D eigenvalue weighted by atomic mass is 16.7. The van der Waals surface area contributed by atoms with Crippen LogP contribution in [-0.2, 0) is 49.3 Å². The van der Waals surface area contributed by atoms with E-state index in [0.717, 1.165) is 22.9 Å². The highest BCUT2D eigenvalue weighted by Crippen LogP contribution is 2.36. The van der Waals surface area contributed by atoms with E-state index in [9.17, 15) is 49.1 Å². The molecular weight excluding hydrogens is 720 g/mol. The Labute approximate surface area is 305 Å². The molecule has 2 fully saturated rings. The van der Waals surface area contributed by atoms with Crippen LogP contribution in [0.5, 0.6) is 0 Å². The summed E-state index contributed by atoms with van der Waals surface area (Å²) in [6, 6.07) is 5.43. The number of carbonyl (C=O) groups is 4. The number of primary amides is 1. The van der Waals surface area contributed by atoms with Gasteiger partial charge in [0.05, 0.1) is 4.92 Å². The lowest BCUT2D eigenvalue weighted by atomic mass is 10.0. The van der Waals surface area contributed by atoms with Crippen LogP contribution < -0.4 is 27.6 Å². The van der Waals surface area contributed by atoms with Crippen LogP contribution in [-0.4, -0.2) is 110 Å². The average Bonchev–Trinajstić information content (AvgIpc) is 3.38. The van der Waals surface area contributed by atoms with Gasteiger partial charge in [-0.05, 0) is 44.2 Å². The van der Waals surface area contributed by atoms with Crippen LogP contribution in [0.2, 0.25) is 0 Å². The quantitative estimate of drug-likeness (QED) is 0.0725. The number of aryl methyl sites for hydroxylation is 1. The summed E-state index contributed by atoms with van der Waals surface area (Å²) in [5.74, 6) is -3.96. The zero-order valence-corrected chi connectivity index (χ0v) is 29.0. The van der Waals surface area contributed by atoms with Gasteiger partial charge in [0.2, 0.25) is 18.1 Å². The monoisotopic (exact) mass is 760 g/mol. The molecule has 0 radical (unpaired) electrons. The van der Waals surface area contributed by atoms with E-state index >= 15 is 0 Å². The minimum Gasteiger partial charge on any atom is -0.456 e. The first-order valence-corrected chi connectivity index (χ1v) is 16.9. The number of nitrogens with two attached hydrogens (primary N) is 1.